The molecule has 1 N–H and O–H groups in total. The number of hydrogen-bond acceptors (Lipinski definition) is 4. The average Bonchev–Trinajstić information content (AvgIpc) is 2.97. The van der Waals surface area contributed by atoms with Gasteiger partial charge in [0.2, 0.25) is 5.89 Å². The van der Waals surface area contributed by atoms with Gasteiger partial charge in [-0.15, -0.1) is 0 Å². The van der Waals surface area contributed by atoms with Crippen LogP contribution in [0, 0.1) is 6.92 Å². The highest BCUT2D eigenvalue weighted by atomic mass is 35.5. The predicted octanol–water partition coefficient (Wildman–Crippen LogP) is 4.56. The van der Waals surface area contributed by atoms with Crippen LogP contribution in [0.2, 0.25) is 10.0 Å². The van der Waals surface area contributed by atoms with Crippen molar-refractivity contribution in [1.29, 1.82) is 0 Å². The van der Waals surface area contributed by atoms with E-state index >= 15 is 0 Å². The van der Waals surface area contributed by atoms with Gasteiger partial charge in [0.1, 0.15) is 0 Å². The Labute approximate surface area is 144 Å². The summed E-state index contributed by atoms with van der Waals surface area (Å²) < 4.78 is 5.00. The summed E-state index contributed by atoms with van der Waals surface area (Å²) in [7, 11) is 0. The lowest BCUT2D eigenvalue weighted by Gasteiger charge is -2.19. The molecule has 1 aromatic heterocycles. The fourth-order valence-electron chi connectivity index (χ4n) is 2.37. The van der Waals surface area contributed by atoms with Crippen LogP contribution in [0.1, 0.15) is 28.9 Å². The Balaban J connectivity index is 1.88. The van der Waals surface area contributed by atoms with E-state index in [1.165, 1.54) is 0 Å². The van der Waals surface area contributed by atoms with Gasteiger partial charge in [0, 0.05) is 6.92 Å². The molecular formula is C17H15Cl2N3O. The second-order valence-corrected chi connectivity index (χ2v) is 5.94. The lowest BCUT2D eigenvalue weighted by atomic mass is 9.99. The molecule has 0 aliphatic heterocycles. The maximum absolute atomic E-state index is 6.17. The zero-order valence-corrected chi connectivity index (χ0v) is 14.0. The van der Waals surface area contributed by atoms with E-state index in [2.05, 4.69) is 27.6 Å². The van der Waals surface area contributed by atoms with E-state index in [0.717, 1.165) is 11.1 Å². The third-order valence-corrected chi connectivity index (χ3v) is 4.18. The summed E-state index contributed by atoms with van der Waals surface area (Å²) >= 11 is 12.2. The van der Waals surface area contributed by atoms with Crippen molar-refractivity contribution in [3.63, 3.8) is 0 Å². The molecule has 0 radical (unpaired) electrons. The molecule has 1 atom stereocenters. The molecule has 2 aromatic carbocycles. The van der Waals surface area contributed by atoms with Crippen LogP contribution < -0.4 is 5.32 Å². The summed E-state index contributed by atoms with van der Waals surface area (Å²) in [5.74, 6) is 1.16. The number of hydrogen-bond donors (Lipinski definition) is 1. The number of aromatic nitrogens is 2. The minimum absolute atomic E-state index is 0.0511. The van der Waals surface area contributed by atoms with Crippen molar-refractivity contribution in [1.82, 2.24) is 15.5 Å². The van der Waals surface area contributed by atoms with E-state index < -0.39 is 0 Å². The quantitative estimate of drug-likeness (QED) is 0.734. The van der Waals surface area contributed by atoms with Gasteiger partial charge in [-0.05, 0) is 23.3 Å². The van der Waals surface area contributed by atoms with Gasteiger partial charge in [-0.3, -0.25) is 5.32 Å². The van der Waals surface area contributed by atoms with Crippen molar-refractivity contribution in [2.24, 2.45) is 0 Å². The Kier molecular flexibility index (Phi) is 4.96. The van der Waals surface area contributed by atoms with Gasteiger partial charge in [0.05, 0.1) is 22.6 Å². The largest absolute Gasteiger partial charge is 0.340 e. The van der Waals surface area contributed by atoms with Crippen molar-refractivity contribution >= 4 is 23.2 Å². The molecule has 0 amide bonds. The van der Waals surface area contributed by atoms with Gasteiger partial charge in [-0.1, -0.05) is 64.8 Å². The first-order valence-corrected chi connectivity index (χ1v) is 7.91. The second-order valence-electron chi connectivity index (χ2n) is 5.13. The summed E-state index contributed by atoms with van der Waals surface area (Å²) in [6, 6.07) is 15.7. The predicted molar refractivity (Wildman–Crippen MR) is 90.6 cm³/mol. The third-order valence-electron chi connectivity index (χ3n) is 3.44. The fraction of sp³-hybridized carbons (Fsp3) is 0.176. The summed E-state index contributed by atoms with van der Waals surface area (Å²) in [5, 5.41) is 8.42. The highest BCUT2D eigenvalue weighted by Crippen LogP contribution is 2.29. The van der Waals surface area contributed by atoms with Crippen molar-refractivity contribution in [3.8, 4) is 0 Å². The van der Waals surface area contributed by atoms with E-state index in [1.807, 2.05) is 30.3 Å². The van der Waals surface area contributed by atoms with Crippen molar-refractivity contribution in [2.75, 3.05) is 0 Å². The van der Waals surface area contributed by atoms with Gasteiger partial charge < -0.3 is 4.52 Å². The van der Waals surface area contributed by atoms with E-state index in [1.54, 1.807) is 13.0 Å². The molecule has 0 aliphatic rings. The average molecular weight is 348 g/mol. The maximum atomic E-state index is 6.17. The van der Waals surface area contributed by atoms with Crippen molar-refractivity contribution < 1.29 is 4.52 Å². The zero-order chi connectivity index (χ0) is 16.2. The molecule has 23 heavy (non-hydrogen) atoms. The first-order chi connectivity index (χ1) is 11.1. The van der Waals surface area contributed by atoms with Crippen LogP contribution in [0.3, 0.4) is 0 Å². The van der Waals surface area contributed by atoms with Crippen LogP contribution in [0.4, 0.5) is 0 Å². The molecule has 0 aliphatic carbocycles. The highest BCUT2D eigenvalue weighted by molar-refractivity contribution is 6.42. The Morgan fingerprint density at radius 3 is 2.48 bits per heavy atom. The first kappa shape index (κ1) is 16.0. The molecule has 0 saturated heterocycles. The Morgan fingerprint density at radius 2 is 1.83 bits per heavy atom. The molecular weight excluding hydrogens is 333 g/mol. The zero-order valence-electron chi connectivity index (χ0n) is 12.5. The van der Waals surface area contributed by atoms with Gasteiger partial charge in [0.15, 0.2) is 5.82 Å². The molecule has 3 rings (SSSR count). The molecule has 0 spiro atoms. The monoisotopic (exact) mass is 347 g/mol. The fourth-order valence-corrected chi connectivity index (χ4v) is 2.68. The molecule has 0 bridgehead atoms. The van der Waals surface area contributed by atoms with E-state index in [4.69, 9.17) is 27.7 Å². The third kappa shape index (κ3) is 3.91. The summed E-state index contributed by atoms with van der Waals surface area (Å²) in [6.07, 6.45) is 0. The molecule has 0 unspecified atom stereocenters. The van der Waals surface area contributed by atoms with Crippen LogP contribution in [-0.4, -0.2) is 10.1 Å². The first-order valence-electron chi connectivity index (χ1n) is 7.16. The number of nitrogens with zero attached hydrogens (tertiary/aromatic N) is 2. The lowest BCUT2D eigenvalue weighted by molar-refractivity contribution is 0.384. The molecule has 118 valence electrons. The lowest BCUT2D eigenvalue weighted by Crippen LogP contribution is -2.22. The summed E-state index contributed by atoms with van der Waals surface area (Å²) in [6.45, 7) is 2.25. The molecule has 1 heterocycles. The van der Waals surface area contributed by atoms with Gasteiger partial charge in [-0.2, -0.15) is 4.98 Å². The number of benzene rings is 2. The van der Waals surface area contributed by atoms with E-state index in [0.29, 0.717) is 28.3 Å². The number of halogens is 2. The molecule has 3 aromatic rings. The van der Waals surface area contributed by atoms with Gasteiger partial charge in [0.25, 0.3) is 0 Å². The van der Waals surface area contributed by atoms with E-state index in [9.17, 15) is 0 Å². The van der Waals surface area contributed by atoms with Gasteiger partial charge in [-0.25, -0.2) is 0 Å². The SMILES string of the molecule is Cc1nc(CN[C@@H](c2ccccc2)c2ccc(Cl)c(Cl)c2)no1. The summed E-state index contributed by atoms with van der Waals surface area (Å²) in [5.41, 5.74) is 2.14. The van der Waals surface area contributed by atoms with Crippen LogP contribution in [-0.2, 0) is 6.54 Å². The number of rotatable bonds is 5. The molecule has 0 fully saturated rings. The minimum atomic E-state index is -0.0511. The Bertz CT molecular complexity index is 790. The number of nitrogens with one attached hydrogen (secondary N) is 1. The van der Waals surface area contributed by atoms with Crippen LogP contribution in [0.15, 0.2) is 53.1 Å². The molecule has 6 heteroatoms. The molecule has 0 saturated carbocycles. The van der Waals surface area contributed by atoms with Gasteiger partial charge >= 0.3 is 0 Å². The van der Waals surface area contributed by atoms with Crippen molar-refractivity contribution in [3.05, 3.63) is 81.4 Å². The molecule has 4 nitrogen and oxygen atoms in total. The topological polar surface area (TPSA) is 51.0 Å². The maximum Gasteiger partial charge on any atom is 0.223 e. The summed E-state index contributed by atoms with van der Waals surface area (Å²) in [4.78, 5) is 4.21. The standard InChI is InChI=1S/C17H15Cl2N3O/c1-11-21-16(22-23-11)10-20-17(12-5-3-2-4-6-12)13-7-8-14(18)15(19)9-13/h2-9,17,20H,10H2,1H3/t17-/m0/s1. The number of aryl methyl sites for hydroxylation is 1. The van der Waals surface area contributed by atoms with Crippen molar-refractivity contribution in [2.45, 2.75) is 19.5 Å². The highest BCUT2D eigenvalue weighted by Gasteiger charge is 2.16. The second kappa shape index (κ2) is 7.13. The van der Waals surface area contributed by atoms with Crippen LogP contribution in [0.5, 0.6) is 0 Å². The van der Waals surface area contributed by atoms with E-state index in [-0.39, 0.29) is 6.04 Å². The van der Waals surface area contributed by atoms with Crippen LogP contribution >= 0.6 is 23.2 Å². The Morgan fingerprint density at radius 1 is 1.04 bits per heavy atom. The normalized spacial score (nSPS) is 12.3. The Hall–Kier alpha value is -1.88. The smallest absolute Gasteiger partial charge is 0.223 e. The minimum Gasteiger partial charge on any atom is -0.340 e. The van der Waals surface area contributed by atoms with Crippen LogP contribution in [0.25, 0.3) is 0 Å².